The first-order chi connectivity index (χ1) is 10.5. The van der Waals surface area contributed by atoms with Gasteiger partial charge in [0.15, 0.2) is 5.70 Å². The Morgan fingerprint density at radius 3 is 2.91 bits per heavy atom. The molecule has 1 aromatic rings. The number of fused-ring (bicyclic) bond motifs is 1. The molecule has 2 aliphatic rings. The Balaban J connectivity index is 1.68. The molecule has 2 amide bonds. The summed E-state index contributed by atoms with van der Waals surface area (Å²) in [4.78, 5) is 37.4. The topological polar surface area (TPSA) is 113 Å². The highest BCUT2D eigenvalue weighted by Crippen LogP contribution is 2.38. The van der Waals surface area contributed by atoms with E-state index in [0.29, 0.717) is 5.75 Å². The summed E-state index contributed by atoms with van der Waals surface area (Å²) in [5, 5.41) is 13.3. The first-order valence-corrected chi connectivity index (χ1v) is 8.40. The van der Waals surface area contributed by atoms with E-state index in [9.17, 15) is 14.4 Å². The van der Waals surface area contributed by atoms with Crippen LogP contribution < -0.4 is 11.1 Å². The molecule has 0 radical (unpaired) electrons. The number of amides is 2. The summed E-state index contributed by atoms with van der Waals surface area (Å²) in [5.74, 6) is -1.58. The van der Waals surface area contributed by atoms with Gasteiger partial charge in [0, 0.05) is 10.6 Å². The average Bonchev–Trinajstić information content (AvgIpc) is 2.97. The Morgan fingerprint density at radius 2 is 2.27 bits per heavy atom. The standard InChI is InChI=1S/C13H13N3O4S2/c14-7-5-22-12-9(11(18)16(12)10(7)13(19)20)15-8(17)4-6-2-1-3-21-6/h1-3,9,12H,4-5,14H2,(H,15,17)(H,19,20)/t9?,12-/m0/s1. The van der Waals surface area contributed by atoms with E-state index in [-0.39, 0.29) is 23.7 Å². The fraction of sp³-hybridized carbons (Fsp3) is 0.308. The van der Waals surface area contributed by atoms with Gasteiger partial charge in [-0.2, -0.15) is 0 Å². The molecule has 116 valence electrons. The normalized spacial score (nSPS) is 23.8. The zero-order valence-electron chi connectivity index (χ0n) is 11.3. The Hall–Kier alpha value is -2.00. The maximum Gasteiger partial charge on any atom is 0.354 e. The van der Waals surface area contributed by atoms with Crippen molar-refractivity contribution in [1.82, 2.24) is 10.2 Å². The highest BCUT2D eigenvalue weighted by Gasteiger charge is 2.53. The van der Waals surface area contributed by atoms with Crippen LogP contribution in [-0.2, 0) is 20.8 Å². The SMILES string of the molecule is NC1=C(C(=O)O)N2C(=O)C(NC(=O)Cc3cccs3)[C@@H]2SC1. The second-order valence-electron chi connectivity index (χ2n) is 4.89. The van der Waals surface area contributed by atoms with Gasteiger partial charge < -0.3 is 16.2 Å². The fourth-order valence-electron chi connectivity index (χ4n) is 2.44. The largest absolute Gasteiger partial charge is 0.477 e. The van der Waals surface area contributed by atoms with Crippen LogP contribution in [0.5, 0.6) is 0 Å². The number of nitrogens with zero attached hydrogens (tertiary/aromatic N) is 1. The number of aliphatic carboxylic acids is 1. The monoisotopic (exact) mass is 339 g/mol. The lowest BCUT2D eigenvalue weighted by Crippen LogP contribution is -2.70. The number of carboxylic acids is 1. The Bertz CT molecular complexity index is 671. The number of carbonyl (C=O) groups excluding carboxylic acids is 2. The van der Waals surface area contributed by atoms with Gasteiger partial charge in [-0.05, 0) is 11.4 Å². The molecule has 7 nitrogen and oxygen atoms in total. The maximum absolute atomic E-state index is 12.1. The number of carboxylic acid groups (broad SMARTS) is 1. The Morgan fingerprint density at radius 1 is 1.50 bits per heavy atom. The minimum atomic E-state index is -1.22. The molecule has 2 aliphatic heterocycles. The van der Waals surface area contributed by atoms with Crippen LogP contribution in [0, 0.1) is 0 Å². The van der Waals surface area contributed by atoms with E-state index in [0.717, 1.165) is 9.78 Å². The molecule has 1 aromatic heterocycles. The van der Waals surface area contributed by atoms with Crippen molar-refractivity contribution in [3.8, 4) is 0 Å². The zero-order valence-corrected chi connectivity index (χ0v) is 12.9. The van der Waals surface area contributed by atoms with Crippen LogP contribution in [-0.4, -0.2) is 45.0 Å². The molecule has 0 aliphatic carbocycles. The average molecular weight is 339 g/mol. The fourth-order valence-corrected chi connectivity index (χ4v) is 4.37. The molecule has 3 rings (SSSR count). The molecule has 0 aromatic carbocycles. The predicted octanol–water partition coefficient (Wildman–Crippen LogP) is -0.0546. The molecule has 0 saturated carbocycles. The molecule has 1 fully saturated rings. The van der Waals surface area contributed by atoms with Gasteiger partial charge in [-0.3, -0.25) is 14.5 Å². The summed E-state index contributed by atoms with van der Waals surface area (Å²) in [5.41, 5.74) is 5.67. The number of thiophene rings is 1. The van der Waals surface area contributed by atoms with Gasteiger partial charge >= 0.3 is 5.97 Å². The number of β-lactam (4-membered cyclic amide) rings is 1. The van der Waals surface area contributed by atoms with Crippen molar-refractivity contribution in [1.29, 1.82) is 0 Å². The van der Waals surface area contributed by atoms with E-state index in [1.54, 1.807) is 0 Å². The number of hydrogen-bond acceptors (Lipinski definition) is 6. The second kappa shape index (κ2) is 5.65. The third-order valence-electron chi connectivity index (χ3n) is 3.43. The number of rotatable bonds is 4. The van der Waals surface area contributed by atoms with Gasteiger partial charge in [0.05, 0.1) is 12.1 Å². The van der Waals surface area contributed by atoms with Crippen molar-refractivity contribution in [2.75, 3.05) is 5.75 Å². The lowest BCUT2D eigenvalue weighted by molar-refractivity contribution is -0.150. The minimum Gasteiger partial charge on any atom is -0.477 e. The maximum atomic E-state index is 12.1. The number of hydrogen-bond donors (Lipinski definition) is 3. The lowest BCUT2D eigenvalue weighted by Gasteiger charge is -2.48. The summed E-state index contributed by atoms with van der Waals surface area (Å²) in [6, 6.07) is 3.01. The van der Waals surface area contributed by atoms with Crippen LogP contribution in [0.2, 0.25) is 0 Å². The van der Waals surface area contributed by atoms with Crippen LogP contribution in [0.3, 0.4) is 0 Å². The number of thioether (sulfide) groups is 1. The van der Waals surface area contributed by atoms with Gasteiger partial charge in [-0.15, -0.1) is 23.1 Å². The van der Waals surface area contributed by atoms with E-state index < -0.39 is 23.3 Å². The number of nitrogens with two attached hydrogens (primary N) is 1. The molecule has 0 bridgehead atoms. The van der Waals surface area contributed by atoms with Crippen LogP contribution in [0.15, 0.2) is 28.9 Å². The number of nitrogens with one attached hydrogen (secondary N) is 1. The van der Waals surface area contributed by atoms with Crippen molar-refractivity contribution in [3.63, 3.8) is 0 Å². The van der Waals surface area contributed by atoms with E-state index in [2.05, 4.69) is 5.32 Å². The summed E-state index contributed by atoms with van der Waals surface area (Å²) in [6.07, 6.45) is 0.211. The van der Waals surface area contributed by atoms with Gasteiger partial charge in [0.2, 0.25) is 5.91 Å². The third-order valence-corrected chi connectivity index (χ3v) is 5.61. The molecule has 4 N–H and O–H groups in total. The van der Waals surface area contributed by atoms with Gasteiger partial charge in [0.25, 0.3) is 5.91 Å². The molecule has 9 heteroatoms. The van der Waals surface area contributed by atoms with E-state index in [1.165, 1.54) is 23.1 Å². The quantitative estimate of drug-likeness (QED) is 0.663. The first-order valence-electron chi connectivity index (χ1n) is 6.47. The molecule has 1 saturated heterocycles. The van der Waals surface area contributed by atoms with Crippen LogP contribution in [0.25, 0.3) is 0 Å². The summed E-state index contributed by atoms with van der Waals surface area (Å²) >= 11 is 2.82. The van der Waals surface area contributed by atoms with Crippen LogP contribution in [0.4, 0.5) is 0 Å². The van der Waals surface area contributed by atoms with Gasteiger partial charge in [0.1, 0.15) is 11.4 Å². The number of carbonyl (C=O) groups is 3. The smallest absolute Gasteiger partial charge is 0.354 e. The Kier molecular flexibility index (Phi) is 3.83. The Labute approximate surface area is 134 Å². The third kappa shape index (κ3) is 2.46. The van der Waals surface area contributed by atoms with Crippen molar-refractivity contribution in [2.24, 2.45) is 5.73 Å². The molecule has 3 heterocycles. The summed E-state index contributed by atoms with van der Waals surface area (Å²) in [7, 11) is 0. The van der Waals surface area contributed by atoms with E-state index >= 15 is 0 Å². The molecular weight excluding hydrogens is 326 g/mol. The van der Waals surface area contributed by atoms with Crippen molar-refractivity contribution in [3.05, 3.63) is 33.8 Å². The van der Waals surface area contributed by atoms with E-state index in [1.807, 2.05) is 17.5 Å². The predicted molar refractivity (Wildman–Crippen MR) is 81.9 cm³/mol. The van der Waals surface area contributed by atoms with Crippen LogP contribution in [0.1, 0.15) is 4.88 Å². The zero-order chi connectivity index (χ0) is 15.9. The van der Waals surface area contributed by atoms with Gasteiger partial charge in [-0.25, -0.2) is 4.79 Å². The highest BCUT2D eigenvalue weighted by atomic mass is 32.2. The molecular formula is C13H13N3O4S2. The summed E-state index contributed by atoms with van der Waals surface area (Å²) in [6.45, 7) is 0. The molecule has 1 unspecified atom stereocenters. The van der Waals surface area contributed by atoms with E-state index in [4.69, 9.17) is 10.8 Å². The molecule has 0 spiro atoms. The highest BCUT2D eigenvalue weighted by molar-refractivity contribution is 8.00. The minimum absolute atomic E-state index is 0.169. The second-order valence-corrected chi connectivity index (χ2v) is 7.03. The van der Waals surface area contributed by atoms with Crippen LogP contribution >= 0.6 is 23.1 Å². The first kappa shape index (κ1) is 14.9. The van der Waals surface area contributed by atoms with Crippen molar-refractivity contribution in [2.45, 2.75) is 17.8 Å². The van der Waals surface area contributed by atoms with Gasteiger partial charge in [-0.1, -0.05) is 6.07 Å². The van der Waals surface area contributed by atoms with Crippen molar-refractivity contribution >= 4 is 40.9 Å². The van der Waals surface area contributed by atoms with Crippen molar-refractivity contribution < 1.29 is 19.5 Å². The summed E-state index contributed by atoms with van der Waals surface area (Å²) < 4.78 is 0. The lowest BCUT2D eigenvalue weighted by atomic mass is 10.0. The molecule has 22 heavy (non-hydrogen) atoms. The molecule has 2 atom stereocenters.